The molecule has 2 nitrogen and oxygen atoms in total. The van der Waals surface area contributed by atoms with Crippen molar-refractivity contribution in [2.75, 3.05) is 0 Å². The van der Waals surface area contributed by atoms with E-state index in [1.807, 2.05) is 19.1 Å². The molecular formula is C52H42N2. The SMILES string of the molecule is C=C(/C=C\C)C(/C=C\C=C\c1cc2c(c3ccccc13)-c1ccc(-c3ccc4ccccc4c3)cc1C2(c1ccccc1)c1ccccc1)=C/C.N#CN. The van der Waals surface area contributed by atoms with Gasteiger partial charge in [-0.05, 0) is 115 Å². The molecule has 54 heavy (non-hydrogen) atoms. The maximum Gasteiger partial charge on any atom is 0.173 e. The van der Waals surface area contributed by atoms with Gasteiger partial charge in [0.25, 0.3) is 0 Å². The molecule has 0 unspecified atom stereocenters. The Labute approximate surface area is 318 Å². The van der Waals surface area contributed by atoms with Crippen molar-refractivity contribution < 1.29 is 0 Å². The van der Waals surface area contributed by atoms with Gasteiger partial charge in [-0.2, -0.15) is 5.26 Å². The second-order valence-corrected chi connectivity index (χ2v) is 13.4. The Balaban J connectivity index is 0.00000145. The van der Waals surface area contributed by atoms with Gasteiger partial charge in [-0.15, -0.1) is 0 Å². The van der Waals surface area contributed by atoms with E-state index in [0.29, 0.717) is 0 Å². The molecule has 0 saturated heterocycles. The van der Waals surface area contributed by atoms with E-state index in [1.165, 1.54) is 77.8 Å². The number of benzene rings is 7. The molecule has 0 bridgehead atoms. The van der Waals surface area contributed by atoms with Gasteiger partial charge in [0.1, 0.15) is 0 Å². The van der Waals surface area contributed by atoms with E-state index in [2.05, 4.69) is 201 Å². The first-order valence-corrected chi connectivity index (χ1v) is 18.3. The third kappa shape index (κ3) is 6.38. The Hall–Kier alpha value is -6.95. The van der Waals surface area contributed by atoms with E-state index >= 15 is 0 Å². The lowest BCUT2D eigenvalue weighted by atomic mass is 9.67. The van der Waals surface area contributed by atoms with Crippen molar-refractivity contribution in [3.63, 3.8) is 0 Å². The molecular weight excluding hydrogens is 653 g/mol. The van der Waals surface area contributed by atoms with Crippen LogP contribution in [0.15, 0.2) is 206 Å². The van der Waals surface area contributed by atoms with Gasteiger partial charge in [-0.25, -0.2) is 0 Å². The van der Waals surface area contributed by atoms with Crippen molar-refractivity contribution in [2.24, 2.45) is 5.73 Å². The first-order valence-electron chi connectivity index (χ1n) is 18.3. The maximum atomic E-state index is 7.10. The van der Waals surface area contributed by atoms with Crippen LogP contribution in [-0.2, 0) is 5.41 Å². The normalized spacial score (nSPS) is 13.2. The van der Waals surface area contributed by atoms with Gasteiger partial charge in [0.2, 0.25) is 0 Å². The van der Waals surface area contributed by atoms with Crippen molar-refractivity contribution in [3.8, 4) is 28.4 Å². The van der Waals surface area contributed by atoms with E-state index in [4.69, 9.17) is 5.26 Å². The first kappa shape index (κ1) is 35.5. The average molecular weight is 695 g/mol. The molecule has 1 aliphatic rings. The van der Waals surface area contributed by atoms with Crippen molar-refractivity contribution in [2.45, 2.75) is 19.3 Å². The van der Waals surface area contributed by atoms with Crippen LogP contribution in [0.5, 0.6) is 0 Å². The predicted molar refractivity (Wildman–Crippen MR) is 230 cm³/mol. The van der Waals surface area contributed by atoms with Gasteiger partial charge >= 0.3 is 0 Å². The summed E-state index contributed by atoms with van der Waals surface area (Å²) in [6.45, 7) is 8.31. The van der Waals surface area contributed by atoms with Crippen LogP contribution in [0.2, 0.25) is 0 Å². The summed E-state index contributed by atoms with van der Waals surface area (Å²) in [5, 5.41) is 12.1. The second kappa shape index (κ2) is 15.7. The molecule has 2 N–H and O–H groups in total. The predicted octanol–water partition coefficient (Wildman–Crippen LogP) is 13.1. The summed E-state index contributed by atoms with van der Waals surface area (Å²) >= 11 is 0. The molecule has 7 aromatic rings. The van der Waals surface area contributed by atoms with Gasteiger partial charge in [-0.3, -0.25) is 0 Å². The van der Waals surface area contributed by atoms with Crippen molar-refractivity contribution in [1.29, 1.82) is 5.26 Å². The number of rotatable bonds is 8. The Morgan fingerprint density at radius 3 is 1.89 bits per heavy atom. The standard InChI is InChI=1S/C51H40.CH2N2/c1-4-18-36(3)37(5-2)19-12-15-22-42-35-49-50(46-28-17-16-27-45(42)46)47-32-31-41(40-30-29-38-20-13-14-21-39(38)33-40)34-48(47)51(49,43-23-8-6-9-24-43)44-25-10-7-11-26-44;2-1-3/h4-35H,3H2,1-2H3;2H2/b18-4-,19-12-,22-15+,37-5+;. The number of fused-ring (bicyclic) bond motifs is 6. The quantitative estimate of drug-likeness (QED) is 0.0978. The summed E-state index contributed by atoms with van der Waals surface area (Å²) in [7, 11) is 0. The fourth-order valence-corrected chi connectivity index (χ4v) is 8.06. The highest BCUT2D eigenvalue weighted by atomic mass is 14.5. The average Bonchev–Trinajstić information content (AvgIpc) is 3.52. The Morgan fingerprint density at radius 2 is 1.22 bits per heavy atom. The highest BCUT2D eigenvalue weighted by Gasteiger charge is 2.47. The molecule has 0 radical (unpaired) electrons. The molecule has 0 spiro atoms. The third-order valence-electron chi connectivity index (χ3n) is 10.4. The largest absolute Gasteiger partial charge is 0.337 e. The van der Waals surface area contributed by atoms with Gasteiger partial charge < -0.3 is 5.73 Å². The van der Waals surface area contributed by atoms with Crippen LogP contribution < -0.4 is 5.73 Å². The zero-order valence-electron chi connectivity index (χ0n) is 30.7. The fourth-order valence-electron chi connectivity index (χ4n) is 8.06. The van der Waals surface area contributed by atoms with Crippen LogP contribution in [0.4, 0.5) is 0 Å². The van der Waals surface area contributed by atoms with E-state index < -0.39 is 5.41 Å². The zero-order valence-corrected chi connectivity index (χ0v) is 30.7. The monoisotopic (exact) mass is 694 g/mol. The van der Waals surface area contributed by atoms with Gasteiger partial charge in [0.05, 0.1) is 5.41 Å². The lowest BCUT2D eigenvalue weighted by molar-refractivity contribution is 0.769. The molecule has 0 aliphatic heterocycles. The van der Waals surface area contributed by atoms with E-state index in [1.54, 1.807) is 0 Å². The van der Waals surface area contributed by atoms with Crippen LogP contribution in [0.25, 0.3) is 49.9 Å². The fraction of sp³-hybridized carbons (Fsp3) is 0.0577. The molecule has 0 aromatic heterocycles. The van der Waals surface area contributed by atoms with Crippen LogP contribution >= 0.6 is 0 Å². The van der Waals surface area contributed by atoms with Crippen LogP contribution in [0, 0.1) is 11.5 Å². The third-order valence-corrected chi connectivity index (χ3v) is 10.4. The summed E-state index contributed by atoms with van der Waals surface area (Å²) < 4.78 is 0. The maximum absolute atomic E-state index is 7.10. The summed E-state index contributed by atoms with van der Waals surface area (Å²) in [6, 6.07) is 56.1. The minimum absolute atomic E-state index is 0.523. The van der Waals surface area contributed by atoms with E-state index in [9.17, 15) is 0 Å². The highest BCUT2D eigenvalue weighted by Crippen LogP contribution is 2.59. The molecule has 0 fully saturated rings. The number of hydrogen-bond donors (Lipinski definition) is 1. The summed E-state index contributed by atoms with van der Waals surface area (Å²) in [6.07, 6.45) is 16.1. The minimum atomic E-state index is -0.523. The lowest BCUT2D eigenvalue weighted by Gasteiger charge is -2.34. The van der Waals surface area contributed by atoms with Crippen LogP contribution in [-0.4, -0.2) is 0 Å². The number of allylic oxidation sites excluding steroid dienone is 8. The molecule has 7 aromatic carbocycles. The van der Waals surface area contributed by atoms with Crippen molar-refractivity contribution >= 4 is 27.6 Å². The molecule has 0 heterocycles. The van der Waals surface area contributed by atoms with Gasteiger partial charge in [0, 0.05) is 0 Å². The molecule has 8 rings (SSSR count). The van der Waals surface area contributed by atoms with Crippen molar-refractivity contribution in [3.05, 3.63) is 234 Å². The lowest BCUT2D eigenvalue weighted by Crippen LogP contribution is -2.28. The Morgan fingerprint density at radius 1 is 0.630 bits per heavy atom. The Bertz CT molecular complexity index is 2610. The highest BCUT2D eigenvalue weighted by molar-refractivity contribution is 6.07. The molecule has 0 saturated carbocycles. The van der Waals surface area contributed by atoms with E-state index in [0.717, 1.165) is 11.1 Å². The zero-order chi connectivity index (χ0) is 37.5. The minimum Gasteiger partial charge on any atom is -0.337 e. The number of hydrogen-bond acceptors (Lipinski definition) is 2. The summed E-state index contributed by atoms with van der Waals surface area (Å²) in [4.78, 5) is 0. The molecule has 260 valence electrons. The second-order valence-electron chi connectivity index (χ2n) is 13.4. The first-order chi connectivity index (χ1) is 26.5. The topological polar surface area (TPSA) is 49.8 Å². The summed E-state index contributed by atoms with van der Waals surface area (Å²) in [5.74, 6) is 0. The van der Waals surface area contributed by atoms with E-state index in [-0.39, 0.29) is 0 Å². The van der Waals surface area contributed by atoms with Crippen LogP contribution in [0.1, 0.15) is 41.7 Å². The smallest absolute Gasteiger partial charge is 0.173 e. The molecule has 1 aliphatic carbocycles. The van der Waals surface area contributed by atoms with Crippen molar-refractivity contribution in [1.82, 2.24) is 0 Å². The molecule has 2 heteroatoms. The van der Waals surface area contributed by atoms with Gasteiger partial charge in [-0.1, -0.05) is 183 Å². The van der Waals surface area contributed by atoms with Crippen LogP contribution in [0.3, 0.4) is 0 Å². The number of nitrogens with two attached hydrogens (primary N) is 1. The number of nitriles is 1. The summed E-state index contributed by atoms with van der Waals surface area (Å²) in [5.41, 5.74) is 17.1. The molecule has 0 atom stereocenters. The number of nitrogens with zero attached hydrogens (tertiary/aromatic N) is 1. The Kier molecular flexibility index (Phi) is 10.3. The molecule has 0 amide bonds. The van der Waals surface area contributed by atoms with Gasteiger partial charge in [0.15, 0.2) is 6.19 Å².